The minimum Gasteiger partial charge on any atom is -0.453 e. The molecule has 59 heavy (non-hydrogen) atoms. The summed E-state index contributed by atoms with van der Waals surface area (Å²) in [6.45, 7) is 11.6. The van der Waals surface area contributed by atoms with Gasteiger partial charge in [0.2, 0.25) is 11.8 Å². The first-order valence-electron chi connectivity index (χ1n) is 19.6. The van der Waals surface area contributed by atoms with Gasteiger partial charge in [-0.2, -0.15) is 54.0 Å². The van der Waals surface area contributed by atoms with Crippen LogP contribution in [0.4, 0.5) is 4.79 Å². The average molecular weight is 945 g/mol. The molecule has 3 N–H and O–H groups in total. The van der Waals surface area contributed by atoms with Crippen LogP contribution in [-0.2, 0) is 14.3 Å². The molecule has 2 saturated heterocycles. The number of hydrogen-bond acceptors (Lipinski definition) is 6. The number of nitrogens with zero attached hydrogens (tertiary/aromatic N) is 4. The van der Waals surface area contributed by atoms with Crippen molar-refractivity contribution in [1.82, 2.24) is 35.1 Å². The molecule has 0 radical (unpaired) electrons. The number of nitrogens with one attached hydrogen (secondary N) is 3. The number of aromatic amines is 2. The second-order valence-corrected chi connectivity index (χ2v) is 18.0. The Labute approximate surface area is 383 Å². The largest absolute Gasteiger partial charge is 0.453 e. The Kier molecular flexibility index (Phi) is 15.4. The number of H-pyrrole nitrogens is 2. The molecule has 0 unspecified atom stereocenters. The van der Waals surface area contributed by atoms with E-state index in [9.17, 15) is 14.4 Å². The second-order valence-electron chi connectivity index (χ2n) is 17.2. The molecular weight excluding hydrogens is 887 g/mol. The van der Waals surface area contributed by atoms with Gasteiger partial charge in [0, 0.05) is 35.7 Å². The monoisotopic (exact) mass is 943 g/mol. The lowest BCUT2D eigenvalue weighted by atomic mass is 9.96. The van der Waals surface area contributed by atoms with Gasteiger partial charge in [-0.05, 0) is 107 Å². The van der Waals surface area contributed by atoms with E-state index in [4.69, 9.17) is 14.7 Å². The summed E-state index contributed by atoms with van der Waals surface area (Å²) >= 11 is 3.72. The number of alkyl carbamates (subject to hydrolysis) is 1. The minimum absolute atomic E-state index is 0. The van der Waals surface area contributed by atoms with Crippen LogP contribution in [0.3, 0.4) is 0 Å². The molecule has 11 nitrogen and oxygen atoms in total. The molecule has 4 aliphatic rings. The summed E-state index contributed by atoms with van der Waals surface area (Å²) in [4.78, 5) is 60.4. The van der Waals surface area contributed by atoms with E-state index in [-0.39, 0.29) is 106 Å². The quantitative estimate of drug-likeness (QED) is 0.152. The molecule has 4 aromatic rings. The van der Waals surface area contributed by atoms with Gasteiger partial charge in [0.15, 0.2) is 0 Å². The van der Waals surface area contributed by atoms with Gasteiger partial charge in [0.1, 0.15) is 28.0 Å². The molecule has 2 saturated carbocycles. The van der Waals surface area contributed by atoms with Crippen LogP contribution in [0.15, 0.2) is 47.1 Å². The fraction of sp³-hybridized carbons (Fsp3) is 0.512. The molecule has 2 aromatic carbocycles. The number of likely N-dealkylation sites (tertiary alicyclic amines) is 2. The van der Waals surface area contributed by atoms with Gasteiger partial charge in [0.05, 0.1) is 30.2 Å². The molecule has 320 valence electrons. The van der Waals surface area contributed by atoms with E-state index in [1.807, 2.05) is 68.1 Å². The van der Waals surface area contributed by atoms with Crippen molar-refractivity contribution in [3.8, 4) is 23.1 Å². The van der Waals surface area contributed by atoms with Crippen LogP contribution in [0, 0.1) is 40.4 Å². The Morgan fingerprint density at radius 2 is 1.32 bits per heavy atom. The minimum atomic E-state index is -0.685. The highest BCUT2D eigenvalue weighted by molar-refractivity contribution is 9.10. The number of methoxy groups -OCH3 is 1. The van der Waals surface area contributed by atoms with E-state index in [1.165, 1.54) is 20.0 Å². The SMILES string of the molecule is COC(=O)N[C@H](C(=O)N1CC2(CC2)C[C@H]1c1nc2ccc(C#Cc3ccc(-c4nc([C@@H]5CC6(CC6)CN5C(=O)[C@@H](C)C(C)C)[nH]c4Br)cc3)cc2[nH]1)C(C)C.S.S.S.S. The average Bonchev–Trinajstić information content (AvgIpc) is 3.84. The van der Waals surface area contributed by atoms with Gasteiger partial charge < -0.3 is 29.8 Å². The van der Waals surface area contributed by atoms with Gasteiger partial charge in [-0.25, -0.2) is 14.8 Å². The zero-order valence-electron chi connectivity index (χ0n) is 34.5. The first-order valence-corrected chi connectivity index (χ1v) is 20.4. The molecule has 4 fully saturated rings. The van der Waals surface area contributed by atoms with Crippen LogP contribution < -0.4 is 5.32 Å². The fourth-order valence-corrected chi connectivity index (χ4v) is 8.93. The fourth-order valence-electron chi connectivity index (χ4n) is 8.41. The zero-order chi connectivity index (χ0) is 38.8. The Hall–Kier alpha value is -3.23. The predicted molar refractivity (Wildman–Crippen MR) is 255 cm³/mol. The van der Waals surface area contributed by atoms with Crippen molar-refractivity contribution in [3.05, 3.63) is 69.8 Å². The number of benzene rings is 2. The van der Waals surface area contributed by atoms with E-state index in [0.717, 1.165) is 81.9 Å². The van der Waals surface area contributed by atoms with Crippen molar-refractivity contribution >= 4 is 98.9 Å². The predicted octanol–water partition coefficient (Wildman–Crippen LogP) is 8.35. The third-order valence-electron chi connectivity index (χ3n) is 12.6. The van der Waals surface area contributed by atoms with Crippen LogP contribution in [0.2, 0.25) is 0 Å². The van der Waals surface area contributed by atoms with E-state index in [0.29, 0.717) is 6.54 Å². The van der Waals surface area contributed by atoms with Crippen molar-refractivity contribution in [1.29, 1.82) is 0 Å². The Morgan fingerprint density at radius 1 is 0.780 bits per heavy atom. The zero-order valence-corrected chi connectivity index (χ0v) is 40.0. The van der Waals surface area contributed by atoms with E-state index in [2.05, 4.69) is 61.8 Å². The summed E-state index contributed by atoms with van der Waals surface area (Å²) in [7, 11) is 1.31. The number of fused-ring (bicyclic) bond motifs is 1. The molecule has 4 heterocycles. The van der Waals surface area contributed by atoms with Gasteiger partial charge in [-0.15, -0.1) is 0 Å². The number of rotatable bonds is 8. The highest BCUT2D eigenvalue weighted by Gasteiger charge is 2.56. The summed E-state index contributed by atoms with van der Waals surface area (Å²) in [5.41, 5.74) is 5.57. The summed E-state index contributed by atoms with van der Waals surface area (Å²) in [5.74, 6) is 8.47. The van der Waals surface area contributed by atoms with Crippen LogP contribution in [0.25, 0.3) is 22.3 Å². The Bertz CT molecular complexity index is 2230. The lowest BCUT2D eigenvalue weighted by molar-refractivity contribution is -0.137. The number of ether oxygens (including phenoxy) is 1. The molecule has 2 aliphatic heterocycles. The van der Waals surface area contributed by atoms with Crippen molar-refractivity contribution in [2.45, 2.75) is 91.3 Å². The maximum atomic E-state index is 13.9. The topological polar surface area (TPSA) is 136 Å². The van der Waals surface area contributed by atoms with E-state index < -0.39 is 12.1 Å². The molecule has 2 aliphatic carbocycles. The smallest absolute Gasteiger partial charge is 0.407 e. The van der Waals surface area contributed by atoms with Gasteiger partial charge in [0.25, 0.3) is 0 Å². The number of hydrogen-bond donors (Lipinski definition) is 3. The summed E-state index contributed by atoms with van der Waals surface area (Å²) in [5, 5.41) is 2.75. The molecule has 2 spiro atoms. The van der Waals surface area contributed by atoms with Crippen molar-refractivity contribution < 1.29 is 19.1 Å². The van der Waals surface area contributed by atoms with Crippen molar-refractivity contribution in [2.24, 2.45) is 28.6 Å². The van der Waals surface area contributed by atoms with Crippen LogP contribution in [-0.4, -0.2) is 73.9 Å². The van der Waals surface area contributed by atoms with Crippen LogP contribution >= 0.6 is 69.9 Å². The summed E-state index contributed by atoms with van der Waals surface area (Å²) in [6, 6.07) is 13.1. The lowest BCUT2D eigenvalue weighted by Gasteiger charge is -2.30. The normalized spacial score (nSPS) is 20.2. The number of carbonyl (C=O) groups excluding carboxylic acids is 3. The third kappa shape index (κ3) is 9.80. The summed E-state index contributed by atoms with van der Waals surface area (Å²) in [6.07, 6.45) is 5.72. The highest BCUT2D eigenvalue weighted by Crippen LogP contribution is 2.59. The van der Waals surface area contributed by atoms with Crippen molar-refractivity contribution in [3.63, 3.8) is 0 Å². The van der Waals surface area contributed by atoms with Gasteiger partial charge in [-0.3, -0.25) is 9.59 Å². The standard InChI is InChI=1S/C43H50BrN7O4.4H2S/c1-24(2)26(5)39(52)50-22-42(15-16-42)21-33(50)38-47-35(36(44)49-38)29-12-9-27(10-13-29)7-8-28-11-14-30-31(19-28)46-37(45-30)32-20-43(17-18-43)23-51(32)40(53)34(25(3)4)48-41(54)55-6;;;;/h9-14,19,24-26,32-34H,15-18,20-23H2,1-6H3,(H,45,46)(H,47,49)(H,48,54);4*1H2/t26-,32-,33-,34-;;;;/m0..../s1. The van der Waals surface area contributed by atoms with E-state index in [1.54, 1.807) is 0 Å². The molecule has 0 bridgehead atoms. The van der Waals surface area contributed by atoms with Crippen LogP contribution in [0.5, 0.6) is 0 Å². The second kappa shape index (κ2) is 18.8. The third-order valence-corrected chi connectivity index (χ3v) is 13.2. The van der Waals surface area contributed by atoms with E-state index >= 15 is 0 Å². The molecule has 16 heteroatoms. The number of imidazole rings is 2. The lowest BCUT2D eigenvalue weighted by Crippen LogP contribution is -2.51. The van der Waals surface area contributed by atoms with Crippen molar-refractivity contribution in [2.75, 3.05) is 20.2 Å². The Morgan fingerprint density at radius 3 is 1.86 bits per heavy atom. The maximum absolute atomic E-state index is 13.9. The number of amides is 3. The highest BCUT2D eigenvalue weighted by atomic mass is 79.9. The molecule has 4 atom stereocenters. The van der Waals surface area contributed by atoms with Gasteiger partial charge >= 0.3 is 6.09 Å². The molecule has 3 amide bonds. The summed E-state index contributed by atoms with van der Waals surface area (Å²) < 4.78 is 5.62. The number of carbonyl (C=O) groups is 3. The first-order chi connectivity index (χ1) is 26.3. The molecule has 8 rings (SSSR count). The molecule has 2 aromatic heterocycles. The number of aromatic nitrogens is 4. The van der Waals surface area contributed by atoms with Gasteiger partial charge in [-0.1, -0.05) is 58.6 Å². The first kappa shape index (κ1) is 48.4. The molecular formula is C43H58BrN7O4S4. The Balaban J connectivity index is 0.00000192. The maximum Gasteiger partial charge on any atom is 0.407 e. The number of halogens is 1. The van der Waals surface area contributed by atoms with Crippen LogP contribution in [0.1, 0.15) is 108 Å².